The average Bonchev–Trinajstić information content (AvgIpc) is 3.00. The predicted octanol–water partition coefficient (Wildman–Crippen LogP) is 2.22. The highest BCUT2D eigenvalue weighted by Crippen LogP contribution is 2.33. The van der Waals surface area contributed by atoms with E-state index >= 15 is 0 Å². The van der Waals surface area contributed by atoms with Gasteiger partial charge in [0, 0.05) is 43.6 Å². The number of aryl methyl sites for hydroxylation is 2. The van der Waals surface area contributed by atoms with Crippen molar-refractivity contribution in [2.24, 2.45) is 7.05 Å². The first-order valence-electron chi connectivity index (χ1n) is 9.06. The lowest BCUT2D eigenvalue weighted by Crippen LogP contribution is -2.45. The molecule has 1 aromatic heterocycles. The summed E-state index contributed by atoms with van der Waals surface area (Å²) in [5.74, 6) is 1.56. The van der Waals surface area contributed by atoms with E-state index < -0.39 is 0 Å². The van der Waals surface area contributed by atoms with Crippen molar-refractivity contribution in [3.8, 4) is 11.5 Å². The Hall–Kier alpha value is -2.70. The van der Waals surface area contributed by atoms with Gasteiger partial charge in [0.25, 0.3) is 5.91 Å². The van der Waals surface area contributed by atoms with Crippen LogP contribution in [0.2, 0.25) is 0 Å². The number of nitrogens with zero attached hydrogens (tertiary/aromatic N) is 3. The molecule has 1 atom stereocenters. The Kier molecular flexibility index (Phi) is 4.44. The largest absolute Gasteiger partial charge is 0.486 e. The van der Waals surface area contributed by atoms with E-state index in [4.69, 9.17) is 9.47 Å². The minimum Gasteiger partial charge on any atom is -0.486 e. The number of carbonyl (C=O) groups excluding carboxylic acids is 1. The predicted molar refractivity (Wildman–Crippen MR) is 97.9 cm³/mol. The number of fused-ring (bicyclic) bond motifs is 1. The highest BCUT2D eigenvalue weighted by atomic mass is 16.6. The Morgan fingerprint density at radius 3 is 2.81 bits per heavy atom. The van der Waals surface area contributed by atoms with Crippen molar-refractivity contribution in [2.75, 3.05) is 31.6 Å². The van der Waals surface area contributed by atoms with Crippen LogP contribution in [0.1, 0.15) is 29.0 Å². The molecule has 1 unspecified atom stereocenters. The summed E-state index contributed by atoms with van der Waals surface area (Å²) in [6, 6.07) is 7.95. The van der Waals surface area contributed by atoms with Crippen molar-refractivity contribution in [2.45, 2.75) is 25.8 Å². The maximum Gasteiger partial charge on any atom is 0.274 e. The molecule has 0 radical (unpaired) electrons. The minimum atomic E-state index is 0.00220. The van der Waals surface area contributed by atoms with Crippen LogP contribution in [0.15, 0.2) is 24.3 Å². The monoisotopic (exact) mass is 356 g/mol. The molecule has 1 aromatic carbocycles. The van der Waals surface area contributed by atoms with E-state index in [9.17, 15) is 4.79 Å². The van der Waals surface area contributed by atoms with Gasteiger partial charge in [-0.05, 0) is 38.0 Å². The summed E-state index contributed by atoms with van der Waals surface area (Å²) < 4.78 is 12.9. The summed E-state index contributed by atoms with van der Waals surface area (Å²) in [4.78, 5) is 14.6. The van der Waals surface area contributed by atoms with Gasteiger partial charge in [-0.3, -0.25) is 9.48 Å². The number of anilines is 1. The van der Waals surface area contributed by atoms with E-state index in [1.807, 2.05) is 43.1 Å². The minimum absolute atomic E-state index is 0.00220. The molecule has 2 aromatic rings. The second kappa shape index (κ2) is 6.90. The van der Waals surface area contributed by atoms with Crippen molar-refractivity contribution in [3.63, 3.8) is 0 Å². The van der Waals surface area contributed by atoms with Gasteiger partial charge in [0.05, 0.1) is 0 Å². The Balaban J connectivity index is 1.43. The second-order valence-corrected chi connectivity index (χ2v) is 6.89. The van der Waals surface area contributed by atoms with Gasteiger partial charge >= 0.3 is 0 Å². The number of piperidine rings is 1. The van der Waals surface area contributed by atoms with Gasteiger partial charge in [0.2, 0.25) is 0 Å². The quantitative estimate of drug-likeness (QED) is 0.913. The maximum absolute atomic E-state index is 12.7. The smallest absolute Gasteiger partial charge is 0.274 e. The molecule has 138 valence electrons. The molecule has 0 aliphatic carbocycles. The van der Waals surface area contributed by atoms with Crippen molar-refractivity contribution >= 4 is 11.6 Å². The number of nitrogens with one attached hydrogen (secondary N) is 1. The van der Waals surface area contributed by atoms with Crippen LogP contribution >= 0.6 is 0 Å². The molecular weight excluding hydrogens is 332 g/mol. The van der Waals surface area contributed by atoms with Gasteiger partial charge in [0.1, 0.15) is 13.2 Å². The number of likely N-dealkylation sites (tertiary alicyclic amines) is 1. The molecule has 26 heavy (non-hydrogen) atoms. The third-order valence-corrected chi connectivity index (χ3v) is 4.95. The summed E-state index contributed by atoms with van der Waals surface area (Å²) in [5.41, 5.74) is 2.49. The number of benzene rings is 1. The molecule has 2 aliphatic heterocycles. The molecule has 0 spiro atoms. The molecule has 1 fully saturated rings. The molecular formula is C19H24N4O3. The fraction of sp³-hybridized carbons (Fsp3) is 0.474. The number of aromatic nitrogens is 2. The molecule has 2 aliphatic rings. The van der Waals surface area contributed by atoms with E-state index in [-0.39, 0.29) is 11.9 Å². The number of ether oxygens (including phenoxy) is 2. The van der Waals surface area contributed by atoms with Crippen LogP contribution in [0.5, 0.6) is 11.5 Å². The molecule has 3 heterocycles. The normalized spacial score (nSPS) is 19.3. The number of carbonyl (C=O) groups is 1. The van der Waals surface area contributed by atoms with Crippen LogP contribution in [-0.2, 0) is 7.05 Å². The van der Waals surface area contributed by atoms with Crippen molar-refractivity contribution in [1.29, 1.82) is 0 Å². The summed E-state index contributed by atoms with van der Waals surface area (Å²) in [7, 11) is 1.86. The molecule has 7 nitrogen and oxygen atoms in total. The van der Waals surface area contributed by atoms with E-state index in [1.54, 1.807) is 4.68 Å². The van der Waals surface area contributed by atoms with Gasteiger partial charge in [-0.15, -0.1) is 0 Å². The lowest BCUT2D eigenvalue weighted by atomic mass is 10.0. The summed E-state index contributed by atoms with van der Waals surface area (Å²) in [6.45, 7) is 4.56. The van der Waals surface area contributed by atoms with Crippen LogP contribution in [0, 0.1) is 6.92 Å². The summed E-state index contributed by atoms with van der Waals surface area (Å²) in [5, 5.41) is 7.85. The molecule has 7 heteroatoms. The van der Waals surface area contributed by atoms with Crippen molar-refractivity contribution in [1.82, 2.24) is 14.7 Å². The number of hydrogen-bond acceptors (Lipinski definition) is 5. The lowest BCUT2D eigenvalue weighted by Gasteiger charge is -2.33. The van der Waals surface area contributed by atoms with E-state index in [2.05, 4.69) is 10.4 Å². The number of hydrogen-bond donors (Lipinski definition) is 1. The topological polar surface area (TPSA) is 68.6 Å². The standard InChI is InChI=1S/C19H24N4O3/c1-13-10-16(21-22(13)2)19(24)23-7-3-4-15(12-23)20-14-5-6-17-18(11-14)26-9-8-25-17/h5-6,10-11,15,20H,3-4,7-9,12H2,1-2H3. The first kappa shape index (κ1) is 16.8. The van der Waals surface area contributed by atoms with Gasteiger partial charge in [-0.2, -0.15) is 5.10 Å². The van der Waals surface area contributed by atoms with E-state index in [0.717, 1.165) is 42.3 Å². The molecule has 0 bridgehead atoms. The summed E-state index contributed by atoms with van der Waals surface area (Å²) >= 11 is 0. The maximum atomic E-state index is 12.7. The van der Waals surface area contributed by atoms with Gasteiger partial charge in [-0.25, -0.2) is 0 Å². The van der Waals surface area contributed by atoms with E-state index in [1.165, 1.54) is 0 Å². The van der Waals surface area contributed by atoms with Gasteiger partial charge < -0.3 is 19.7 Å². The van der Waals surface area contributed by atoms with Crippen molar-refractivity contribution in [3.05, 3.63) is 35.7 Å². The van der Waals surface area contributed by atoms with Crippen LogP contribution < -0.4 is 14.8 Å². The first-order valence-corrected chi connectivity index (χ1v) is 9.06. The molecule has 1 saturated heterocycles. The SMILES string of the molecule is Cc1cc(C(=O)N2CCCC(Nc3ccc4c(c3)OCCO4)C2)nn1C. The van der Waals surface area contributed by atoms with Crippen LogP contribution in [0.4, 0.5) is 5.69 Å². The zero-order valence-corrected chi connectivity index (χ0v) is 15.2. The van der Waals surface area contributed by atoms with Gasteiger partial charge in [-0.1, -0.05) is 0 Å². The Bertz CT molecular complexity index is 798. The third kappa shape index (κ3) is 3.34. The highest BCUT2D eigenvalue weighted by Gasteiger charge is 2.26. The Morgan fingerprint density at radius 2 is 2.04 bits per heavy atom. The Morgan fingerprint density at radius 1 is 1.23 bits per heavy atom. The first-order chi connectivity index (χ1) is 12.6. The average molecular weight is 356 g/mol. The summed E-state index contributed by atoms with van der Waals surface area (Å²) in [6.07, 6.45) is 2.00. The van der Waals surface area contributed by atoms with Crippen LogP contribution in [0.3, 0.4) is 0 Å². The molecule has 1 N–H and O–H groups in total. The second-order valence-electron chi connectivity index (χ2n) is 6.89. The molecule has 4 rings (SSSR count). The van der Waals surface area contributed by atoms with Crippen LogP contribution in [-0.4, -0.2) is 52.9 Å². The third-order valence-electron chi connectivity index (χ3n) is 4.95. The fourth-order valence-electron chi connectivity index (χ4n) is 3.48. The zero-order valence-electron chi connectivity index (χ0n) is 15.2. The highest BCUT2D eigenvalue weighted by molar-refractivity contribution is 5.92. The molecule has 1 amide bonds. The van der Waals surface area contributed by atoms with Gasteiger partial charge in [0.15, 0.2) is 17.2 Å². The van der Waals surface area contributed by atoms with E-state index in [0.29, 0.717) is 25.5 Å². The number of amides is 1. The lowest BCUT2D eigenvalue weighted by molar-refractivity contribution is 0.0708. The molecule has 0 saturated carbocycles. The zero-order chi connectivity index (χ0) is 18.1. The van der Waals surface area contributed by atoms with Crippen LogP contribution in [0.25, 0.3) is 0 Å². The fourth-order valence-corrected chi connectivity index (χ4v) is 3.48. The number of rotatable bonds is 3. The van der Waals surface area contributed by atoms with Crippen molar-refractivity contribution < 1.29 is 14.3 Å². The Labute approximate surface area is 152 Å².